The quantitative estimate of drug-likeness (QED) is 0.862. The second kappa shape index (κ2) is 3.92. The van der Waals surface area contributed by atoms with Crippen LogP contribution in [0.1, 0.15) is 16.0 Å². The van der Waals surface area contributed by atoms with Crippen molar-refractivity contribution in [3.05, 3.63) is 57.8 Å². The predicted molar refractivity (Wildman–Crippen MR) is 76.5 cm³/mol. The van der Waals surface area contributed by atoms with Gasteiger partial charge < -0.3 is 10.0 Å². The lowest BCUT2D eigenvalue weighted by Gasteiger charge is -2.42. The average Bonchev–Trinajstić information content (AvgIpc) is 3.11. The molecule has 1 aromatic carbocycles. The molecule has 0 unspecified atom stereocenters. The highest BCUT2D eigenvalue weighted by molar-refractivity contribution is 7.10. The monoisotopic (exact) mass is 270 g/mol. The summed E-state index contributed by atoms with van der Waals surface area (Å²) >= 11 is 1.61. The van der Waals surface area contributed by atoms with Crippen LogP contribution in [0.15, 0.2) is 46.8 Å². The Morgan fingerprint density at radius 3 is 2.95 bits per heavy atom. The third kappa shape index (κ3) is 1.50. The fraction of sp³-hybridized carbons (Fsp3) is 0.267. The van der Waals surface area contributed by atoms with Crippen LogP contribution in [0.4, 0.5) is 0 Å². The summed E-state index contributed by atoms with van der Waals surface area (Å²) in [5, 5.41) is 13.2. The van der Waals surface area contributed by atoms with Gasteiger partial charge in [-0.3, -0.25) is 4.99 Å². The van der Waals surface area contributed by atoms with Gasteiger partial charge in [0.05, 0.1) is 11.4 Å². The van der Waals surface area contributed by atoms with E-state index in [2.05, 4.69) is 22.0 Å². The van der Waals surface area contributed by atoms with E-state index in [4.69, 9.17) is 0 Å². The van der Waals surface area contributed by atoms with Gasteiger partial charge in [0, 0.05) is 18.5 Å². The normalized spacial score (nSPS) is 24.9. The first-order valence-electron chi connectivity index (χ1n) is 6.46. The molecule has 1 atom stereocenters. The molecule has 1 aromatic heterocycles. The van der Waals surface area contributed by atoms with E-state index < -0.39 is 5.72 Å². The van der Waals surface area contributed by atoms with Crippen LogP contribution in [0.3, 0.4) is 0 Å². The number of rotatable bonds is 1. The Balaban J connectivity index is 1.91. The maximum atomic E-state index is 11.2. The van der Waals surface area contributed by atoms with Crippen molar-refractivity contribution in [2.24, 2.45) is 4.99 Å². The summed E-state index contributed by atoms with van der Waals surface area (Å²) in [4.78, 5) is 7.65. The first-order valence-corrected chi connectivity index (χ1v) is 7.34. The standard InChI is InChI=1S/C15H14N2OS/c18-15(13-6-3-9-19-13)10-11-4-1-2-5-12(11)14-16-7-8-17(14)15/h1-6,9,18H,7-8,10H2/t15-/m0/s1. The third-order valence-electron chi connectivity index (χ3n) is 3.90. The van der Waals surface area contributed by atoms with Crippen molar-refractivity contribution >= 4 is 17.2 Å². The number of hydrogen-bond donors (Lipinski definition) is 1. The lowest BCUT2D eigenvalue weighted by molar-refractivity contribution is -0.0713. The lowest BCUT2D eigenvalue weighted by atomic mass is 9.90. The van der Waals surface area contributed by atoms with Gasteiger partial charge in [0.15, 0.2) is 5.72 Å². The Kier molecular flexibility index (Phi) is 2.31. The summed E-state index contributed by atoms with van der Waals surface area (Å²) in [6, 6.07) is 12.2. The molecule has 4 heteroatoms. The van der Waals surface area contributed by atoms with Gasteiger partial charge in [-0.2, -0.15) is 0 Å². The molecule has 0 saturated heterocycles. The number of amidine groups is 1. The fourth-order valence-corrected chi connectivity index (χ4v) is 3.85. The molecule has 0 amide bonds. The highest BCUT2D eigenvalue weighted by Gasteiger charge is 2.45. The molecular formula is C15H14N2OS. The number of nitrogens with zero attached hydrogens (tertiary/aromatic N) is 2. The summed E-state index contributed by atoms with van der Waals surface area (Å²) < 4.78 is 0. The van der Waals surface area contributed by atoms with Crippen LogP contribution in [0, 0.1) is 0 Å². The van der Waals surface area contributed by atoms with E-state index in [9.17, 15) is 5.11 Å². The van der Waals surface area contributed by atoms with Crippen molar-refractivity contribution in [1.82, 2.24) is 4.90 Å². The minimum absolute atomic E-state index is 0.628. The van der Waals surface area contributed by atoms with Gasteiger partial charge in [-0.05, 0) is 17.0 Å². The maximum absolute atomic E-state index is 11.2. The molecule has 0 radical (unpaired) electrons. The summed E-state index contributed by atoms with van der Waals surface area (Å²) in [7, 11) is 0. The van der Waals surface area contributed by atoms with E-state index in [1.807, 2.05) is 29.6 Å². The van der Waals surface area contributed by atoms with Crippen molar-refractivity contribution in [3.8, 4) is 0 Å². The highest BCUT2D eigenvalue weighted by atomic mass is 32.1. The summed E-state index contributed by atoms with van der Waals surface area (Å²) in [6.07, 6.45) is 0.628. The van der Waals surface area contributed by atoms with Gasteiger partial charge in [0.25, 0.3) is 0 Å². The lowest BCUT2D eigenvalue weighted by Crippen LogP contribution is -2.52. The van der Waals surface area contributed by atoms with Crippen LogP contribution in [0.5, 0.6) is 0 Å². The van der Waals surface area contributed by atoms with Gasteiger partial charge in [0.2, 0.25) is 0 Å². The number of thiophene rings is 1. The molecule has 1 N–H and O–H groups in total. The molecule has 4 rings (SSSR count). The number of aliphatic hydroxyl groups is 1. The zero-order valence-electron chi connectivity index (χ0n) is 10.4. The summed E-state index contributed by atoms with van der Waals surface area (Å²) in [5.74, 6) is 0.942. The number of hydrogen-bond acceptors (Lipinski definition) is 4. The molecule has 0 bridgehead atoms. The molecule has 3 heterocycles. The van der Waals surface area contributed by atoms with Gasteiger partial charge in [-0.15, -0.1) is 11.3 Å². The second-order valence-electron chi connectivity index (χ2n) is 4.98. The van der Waals surface area contributed by atoms with E-state index in [0.29, 0.717) is 6.42 Å². The van der Waals surface area contributed by atoms with Crippen LogP contribution in [0.2, 0.25) is 0 Å². The Hall–Kier alpha value is -1.65. The second-order valence-corrected chi connectivity index (χ2v) is 5.93. The Morgan fingerprint density at radius 1 is 1.21 bits per heavy atom. The highest BCUT2D eigenvalue weighted by Crippen LogP contribution is 2.40. The maximum Gasteiger partial charge on any atom is 0.179 e. The largest absolute Gasteiger partial charge is 0.366 e. The summed E-state index contributed by atoms with van der Waals surface area (Å²) in [6.45, 7) is 1.55. The van der Waals surface area contributed by atoms with E-state index in [0.717, 1.165) is 23.8 Å². The van der Waals surface area contributed by atoms with Crippen LogP contribution < -0.4 is 0 Å². The van der Waals surface area contributed by atoms with Gasteiger partial charge in [0.1, 0.15) is 5.84 Å². The topological polar surface area (TPSA) is 35.8 Å². The Labute approximate surface area is 115 Å². The molecular weight excluding hydrogens is 256 g/mol. The number of aliphatic imine (C=N–C) groups is 1. The zero-order valence-corrected chi connectivity index (χ0v) is 11.2. The smallest absolute Gasteiger partial charge is 0.179 e. The third-order valence-corrected chi connectivity index (χ3v) is 4.91. The summed E-state index contributed by atoms with van der Waals surface area (Å²) in [5.41, 5.74) is 1.41. The van der Waals surface area contributed by atoms with Crippen LogP contribution in [-0.2, 0) is 12.1 Å². The average molecular weight is 270 g/mol. The SMILES string of the molecule is O[C@]1(c2cccs2)Cc2ccccc2C2=NCCN21. The first-order chi connectivity index (χ1) is 9.29. The molecule has 2 aliphatic rings. The molecule has 3 nitrogen and oxygen atoms in total. The molecule has 0 spiro atoms. The van der Waals surface area contributed by atoms with Gasteiger partial charge in [-0.1, -0.05) is 30.3 Å². The fourth-order valence-electron chi connectivity index (χ4n) is 3.02. The van der Waals surface area contributed by atoms with Crippen LogP contribution in [0.25, 0.3) is 0 Å². The predicted octanol–water partition coefficient (Wildman–Crippen LogP) is 2.21. The molecule has 2 aromatic rings. The van der Waals surface area contributed by atoms with E-state index in [1.54, 1.807) is 11.3 Å². The molecule has 0 fully saturated rings. The minimum atomic E-state index is -0.933. The van der Waals surface area contributed by atoms with Crippen molar-refractivity contribution in [1.29, 1.82) is 0 Å². The molecule has 2 aliphatic heterocycles. The molecule has 19 heavy (non-hydrogen) atoms. The van der Waals surface area contributed by atoms with Crippen molar-refractivity contribution in [2.75, 3.05) is 13.1 Å². The van der Waals surface area contributed by atoms with E-state index in [-0.39, 0.29) is 0 Å². The Bertz CT molecular complexity index is 650. The zero-order chi connectivity index (χ0) is 12.9. The Morgan fingerprint density at radius 2 is 2.11 bits per heavy atom. The van der Waals surface area contributed by atoms with Crippen molar-refractivity contribution in [2.45, 2.75) is 12.1 Å². The van der Waals surface area contributed by atoms with Crippen molar-refractivity contribution in [3.63, 3.8) is 0 Å². The number of fused-ring (bicyclic) bond motifs is 3. The van der Waals surface area contributed by atoms with E-state index in [1.165, 1.54) is 11.1 Å². The van der Waals surface area contributed by atoms with E-state index >= 15 is 0 Å². The van der Waals surface area contributed by atoms with Crippen molar-refractivity contribution < 1.29 is 5.11 Å². The molecule has 0 saturated carbocycles. The number of benzene rings is 1. The van der Waals surface area contributed by atoms with Crippen LogP contribution >= 0.6 is 11.3 Å². The van der Waals surface area contributed by atoms with Crippen LogP contribution in [-0.4, -0.2) is 28.9 Å². The molecule has 0 aliphatic carbocycles. The minimum Gasteiger partial charge on any atom is -0.366 e. The first kappa shape index (κ1) is 11.2. The van der Waals surface area contributed by atoms with Gasteiger partial charge in [-0.25, -0.2) is 0 Å². The molecule has 96 valence electrons. The van der Waals surface area contributed by atoms with Gasteiger partial charge >= 0.3 is 0 Å².